The maximum atomic E-state index is 10.9. The molecule has 0 amide bonds. The molecule has 0 saturated carbocycles. The third-order valence-corrected chi connectivity index (χ3v) is 8.36. The van der Waals surface area contributed by atoms with Crippen LogP contribution in [0.2, 0.25) is 0 Å². The molecule has 0 aromatic carbocycles. The highest BCUT2D eigenvalue weighted by molar-refractivity contribution is 5.69. The third kappa shape index (κ3) is 47.3. The van der Waals surface area contributed by atoms with Gasteiger partial charge in [0.25, 0.3) is 0 Å². The van der Waals surface area contributed by atoms with Crippen LogP contribution in [-0.4, -0.2) is 58.8 Å². The molecule has 0 aromatic rings. The smallest absolute Gasteiger partial charge is 0.305 e. The first-order valence-electron chi connectivity index (χ1n) is 19.0. The highest BCUT2D eigenvalue weighted by Gasteiger charge is 2.05. The number of ether oxygens (including phenoxy) is 1. The first-order valence-corrected chi connectivity index (χ1v) is 19.0. The predicted molar refractivity (Wildman–Crippen MR) is 190 cm³/mol. The van der Waals surface area contributed by atoms with Gasteiger partial charge < -0.3 is 25.2 Å². The molecule has 0 aromatic heterocycles. The number of hydrogen-bond acceptors (Lipinski definition) is 6. The second kappa shape index (κ2) is 42.8. The lowest BCUT2D eigenvalue weighted by Crippen LogP contribution is -2.05. The molecule has 0 radical (unpaired) electrons. The van der Waals surface area contributed by atoms with Crippen LogP contribution < -0.4 is 0 Å². The number of carboxylic acid groups (broad SMARTS) is 1. The summed E-state index contributed by atoms with van der Waals surface area (Å²) in [4.78, 5) is 21.3. The molecular weight excluding hydrogens is 568 g/mol. The minimum absolute atomic E-state index is 0.0739. The number of aliphatic carboxylic acids is 1. The summed E-state index contributed by atoms with van der Waals surface area (Å²) in [6.45, 7) is 4.43. The van der Waals surface area contributed by atoms with Gasteiger partial charge in [-0.15, -0.1) is 0 Å². The van der Waals surface area contributed by atoms with Crippen LogP contribution in [0, 0.1) is 0 Å². The standard InChI is InChI=1S/C19H38O3.C18H36O3.CH4O/c1-3-4-5-12-15-18(20)16-13-10-8-6-7-9-11-14-17-19(21)22-2;1-2-3-4-11-14-17(19)15-12-9-7-5-6-8-10-13-16-18(20)21;1-2/h18,20H,3-17H2,1-2H3;17,19H,2-16H2,1H3,(H,20,21);2H,1H3. The zero-order valence-electron chi connectivity index (χ0n) is 30.4. The number of aliphatic hydroxyl groups excluding tert-OH is 3. The molecule has 2 atom stereocenters. The highest BCUT2D eigenvalue weighted by Crippen LogP contribution is 2.16. The first-order chi connectivity index (χ1) is 21.9. The molecule has 45 heavy (non-hydrogen) atoms. The molecular formula is C38H78O7. The van der Waals surface area contributed by atoms with Gasteiger partial charge in [-0.1, -0.05) is 155 Å². The lowest BCUT2D eigenvalue weighted by atomic mass is 10.0. The van der Waals surface area contributed by atoms with E-state index in [4.69, 9.17) is 10.2 Å². The average molecular weight is 647 g/mol. The van der Waals surface area contributed by atoms with Gasteiger partial charge in [0.1, 0.15) is 0 Å². The van der Waals surface area contributed by atoms with Crippen molar-refractivity contribution in [2.24, 2.45) is 0 Å². The zero-order chi connectivity index (χ0) is 34.2. The lowest BCUT2D eigenvalue weighted by Gasteiger charge is -2.10. The van der Waals surface area contributed by atoms with E-state index in [2.05, 4.69) is 18.6 Å². The Hall–Kier alpha value is -1.18. The quantitative estimate of drug-likeness (QED) is 0.0423. The SMILES string of the molecule is CCCCCCC(O)CCCCCCCCCCC(=O)O.CCCCCCC(O)CCCCCCCCCCC(=O)OC.CO. The first kappa shape index (κ1) is 48.2. The Labute approximate surface area is 279 Å². The maximum Gasteiger partial charge on any atom is 0.305 e. The normalized spacial score (nSPS) is 12.0. The summed E-state index contributed by atoms with van der Waals surface area (Å²) in [7, 11) is 2.45. The van der Waals surface area contributed by atoms with Crippen LogP contribution in [0.5, 0.6) is 0 Å². The maximum absolute atomic E-state index is 10.9. The Bertz CT molecular complexity index is 570. The molecule has 0 saturated heterocycles. The Balaban J connectivity index is -0.000000743. The van der Waals surface area contributed by atoms with Crippen LogP contribution in [0.4, 0.5) is 0 Å². The number of carboxylic acids is 1. The number of unbranched alkanes of at least 4 members (excludes halogenated alkanes) is 20. The number of carbonyl (C=O) groups excluding carboxylic acids is 1. The summed E-state index contributed by atoms with van der Waals surface area (Å²) in [6.07, 6.45) is 33.3. The molecule has 7 nitrogen and oxygen atoms in total. The van der Waals surface area contributed by atoms with Gasteiger partial charge in [0.2, 0.25) is 0 Å². The van der Waals surface area contributed by atoms with Crippen molar-refractivity contribution in [3.8, 4) is 0 Å². The van der Waals surface area contributed by atoms with Gasteiger partial charge in [0.15, 0.2) is 0 Å². The number of carbonyl (C=O) groups is 2. The second-order valence-corrected chi connectivity index (χ2v) is 12.7. The van der Waals surface area contributed by atoms with Crippen molar-refractivity contribution in [1.29, 1.82) is 0 Å². The Morgan fingerprint density at radius 2 is 0.733 bits per heavy atom. The summed E-state index contributed by atoms with van der Waals surface area (Å²) < 4.78 is 4.62. The van der Waals surface area contributed by atoms with E-state index in [1.165, 1.54) is 116 Å². The zero-order valence-corrected chi connectivity index (χ0v) is 30.4. The molecule has 0 aliphatic rings. The van der Waals surface area contributed by atoms with Crippen molar-refractivity contribution < 1.29 is 34.8 Å². The number of aliphatic hydroxyl groups is 3. The minimum atomic E-state index is -0.678. The van der Waals surface area contributed by atoms with E-state index in [0.717, 1.165) is 77.7 Å². The molecule has 0 heterocycles. The average Bonchev–Trinajstić information content (AvgIpc) is 3.04. The van der Waals surface area contributed by atoms with Crippen molar-refractivity contribution >= 4 is 11.9 Å². The predicted octanol–water partition coefficient (Wildman–Crippen LogP) is 10.3. The lowest BCUT2D eigenvalue weighted by molar-refractivity contribution is -0.141. The van der Waals surface area contributed by atoms with Gasteiger partial charge in [-0.2, -0.15) is 0 Å². The summed E-state index contributed by atoms with van der Waals surface area (Å²) >= 11 is 0. The van der Waals surface area contributed by atoms with Crippen molar-refractivity contribution in [3.63, 3.8) is 0 Å². The fourth-order valence-electron chi connectivity index (χ4n) is 5.43. The van der Waals surface area contributed by atoms with Gasteiger partial charge in [0.05, 0.1) is 19.3 Å². The molecule has 0 rings (SSSR count). The topological polar surface area (TPSA) is 124 Å². The Kier molecular flexibility index (Phi) is 45.9. The molecule has 7 heteroatoms. The number of hydrogen-bond donors (Lipinski definition) is 4. The molecule has 0 fully saturated rings. The minimum Gasteiger partial charge on any atom is -0.481 e. The number of methoxy groups -OCH3 is 1. The molecule has 0 spiro atoms. The van der Waals surface area contributed by atoms with E-state index in [9.17, 15) is 19.8 Å². The van der Waals surface area contributed by atoms with E-state index in [1.54, 1.807) is 0 Å². The summed E-state index contributed by atoms with van der Waals surface area (Å²) in [5, 5.41) is 35.2. The van der Waals surface area contributed by atoms with Crippen LogP contribution in [0.3, 0.4) is 0 Å². The Morgan fingerprint density at radius 3 is 1.02 bits per heavy atom. The third-order valence-electron chi connectivity index (χ3n) is 8.36. The van der Waals surface area contributed by atoms with Crippen molar-refractivity contribution in [1.82, 2.24) is 0 Å². The van der Waals surface area contributed by atoms with Gasteiger partial charge in [-0.25, -0.2) is 0 Å². The number of rotatable bonds is 32. The van der Waals surface area contributed by atoms with Gasteiger partial charge in [-0.05, 0) is 38.5 Å². The van der Waals surface area contributed by atoms with Crippen LogP contribution in [0.15, 0.2) is 0 Å². The van der Waals surface area contributed by atoms with Crippen molar-refractivity contribution in [2.45, 2.75) is 219 Å². The van der Waals surface area contributed by atoms with E-state index < -0.39 is 5.97 Å². The molecule has 0 aliphatic heterocycles. The molecule has 272 valence electrons. The fourth-order valence-corrected chi connectivity index (χ4v) is 5.43. The molecule has 0 bridgehead atoms. The summed E-state index contributed by atoms with van der Waals surface area (Å²) in [5.41, 5.74) is 0. The number of esters is 1. The Morgan fingerprint density at radius 1 is 0.467 bits per heavy atom. The van der Waals surface area contributed by atoms with Crippen LogP contribution in [0.1, 0.15) is 206 Å². The summed E-state index contributed by atoms with van der Waals surface area (Å²) in [6, 6.07) is 0. The van der Waals surface area contributed by atoms with Gasteiger partial charge in [0, 0.05) is 20.0 Å². The molecule has 4 N–H and O–H groups in total. The van der Waals surface area contributed by atoms with Crippen molar-refractivity contribution in [3.05, 3.63) is 0 Å². The van der Waals surface area contributed by atoms with Gasteiger partial charge in [-0.3, -0.25) is 9.59 Å². The summed E-state index contributed by atoms with van der Waals surface area (Å²) in [5.74, 6) is -0.767. The molecule has 0 aliphatic carbocycles. The monoisotopic (exact) mass is 647 g/mol. The van der Waals surface area contributed by atoms with E-state index in [1.807, 2.05) is 0 Å². The van der Waals surface area contributed by atoms with Crippen molar-refractivity contribution in [2.75, 3.05) is 14.2 Å². The van der Waals surface area contributed by atoms with Crippen LogP contribution in [0.25, 0.3) is 0 Å². The van der Waals surface area contributed by atoms with Gasteiger partial charge >= 0.3 is 11.9 Å². The second-order valence-electron chi connectivity index (χ2n) is 12.7. The van der Waals surface area contributed by atoms with E-state index in [-0.39, 0.29) is 18.2 Å². The van der Waals surface area contributed by atoms with E-state index in [0.29, 0.717) is 12.8 Å². The molecule has 2 unspecified atom stereocenters. The largest absolute Gasteiger partial charge is 0.481 e. The highest BCUT2D eigenvalue weighted by atomic mass is 16.5. The fraction of sp³-hybridized carbons (Fsp3) is 0.947. The van der Waals surface area contributed by atoms with E-state index >= 15 is 0 Å². The van der Waals surface area contributed by atoms with Crippen LogP contribution in [-0.2, 0) is 14.3 Å². The van der Waals surface area contributed by atoms with Crippen LogP contribution >= 0.6 is 0 Å².